The van der Waals surface area contributed by atoms with E-state index in [-0.39, 0.29) is 11.6 Å². The van der Waals surface area contributed by atoms with Gasteiger partial charge in [0.05, 0.1) is 5.69 Å². The summed E-state index contributed by atoms with van der Waals surface area (Å²) in [6.07, 6.45) is 0. The van der Waals surface area contributed by atoms with Gasteiger partial charge in [-0.15, -0.1) is 5.10 Å². The van der Waals surface area contributed by atoms with Crippen molar-refractivity contribution in [2.45, 2.75) is 20.8 Å². The Morgan fingerprint density at radius 3 is 2.42 bits per heavy atom. The van der Waals surface area contributed by atoms with Gasteiger partial charge in [0.15, 0.2) is 5.82 Å². The molecule has 0 saturated carbocycles. The van der Waals surface area contributed by atoms with E-state index in [1.807, 2.05) is 57.2 Å². The fourth-order valence-electron chi connectivity index (χ4n) is 3.26. The Morgan fingerprint density at radius 1 is 0.968 bits per heavy atom. The van der Waals surface area contributed by atoms with Crippen LogP contribution < -0.4 is 5.32 Å². The lowest BCUT2D eigenvalue weighted by Gasteiger charge is -2.10. The second-order valence-corrected chi connectivity index (χ2v) is 8.30. The maximum Gasteiger partial charge on any atom is 0.295 e. The summed E-state index contributed by atoms with van der Waals surface area (Å²) in [7, 11) is 0. The molecule has 0 saturated heterocycles. The zero-order valence-electron chi connectivity index (χ0n) is 17.3. The largest absolute Gasteiger partial charge is 0.319 e. The molecule has 156 valence electrons. The number of hydrogen-bond donors (Lipinski definition) is 1. The Labute approximate surface area is 188 Å². The van der Waals surface area contributed by atoms with E-state index in [0.717, 1.165) is 26.9 Å². The number of nitrogens with zero attached hydrogens (tertiary/aromatic N) is 3. The molecular formula is C24H20BrFN4O. The van der Waals surface area contributed by atoms with Gasteiger partial charge in [-0.2, -0.15) is 0 Å². The Morgan fingerprint density at radius 2 is 1.71 bits per heavy atom. The van der Waals surface area contributed by atoms with E-state index < -0.39 is 5.91 Å². The molecular weight excluding hydrogens is 459 g/mol. The predicted molar refractivity (Wildman–Crippen MR) is 123 cm³/mol. The fourth-order valence-corrected chi connectivity index (χ4v) is 3.73. The van der Waals surface area contributed by atoms with E-state index >= 15 is 0 Å². The maximum absolute atomic E-state index is 13.5. The molecule has 0 bridgehead atoms. The average Bonchev–Trinajstić information content (AvgIpc) is 3.18. The molecule has 1 amide bonds. The smallest absolute Gasteiger partial charge is 0.295 e. The molecule has 5 nitrogen and oxygen atoms in total. The third-order valence-corrected chi connectivity index (χ3v) is 5.44. The quantitative estimate of drug-likeness (QED) is 0.390. The number of aryl methyl sites for hydroxylation is 3. The van der Waals surface area contributed by atoms with Crippen LogP contribution in [0.25, 0.3) is 17.1 Å². The van der Waals surface area contributed by atoms with Gasteiger partial charge in [-0.1, -0.05) is 28.1 Å². The lowest BCUT2D eigenvalue weighted by Crippen LogP contribution is -2.15. The summed E-state index contributed by atoms with van der Waals surface area (Å²) in [6, 6.07) is 17.6. The molecule has 0 fully saturated rings. The monoisotopic (exact) mass is 478 g/mol. The van der Waals surface area contributed by atoms with E-state index in [9.17, 15) is 9.18 Å². The second-order valence-electron chi connectivity index (χ2n) is 7.38. The summed E-state index contributed by atoms with van der Waals surface area (Å²) >= 11 is 3.42. The van der Waals surface area contributed by atoms with Crippen LogP contribution in [-0.2, 0) is 0 Å². The summed E-state index contributed by atoms with van der Waals surface area (Å²) in [4.78, 5) is 17.5. The van der Waals surface area contributed by atoms with Gasteiger partial charge in [-0.3, -0.25) is 4.79 Å². The van der Waals surface area contributed by atoms with Crippen LogP contribution in [0.15, 0.2) is 65.1 Å². The number of amides is 1. The van der Waals surface area contributed by atoms with E-state index in [1.54, 1.807) is 16.8 Å². The van der Waals surface area contributed by atoms with Crippen molar-refractivity contribution >= 4 is 27.5 Å². The highest BCUT2D eigenvalue weighted by Gasteiger charge is 2.20. The first-order chi connectivity index (χ1) is 14.8. The lowest BCUT2D eigenvalue weighted by molar-refractivity contribution is 0.101. The molecule has 0 atom stereocenters. The number of benzene rings is 3. The van der Waals surface area contributed by atoms with Crippen molar-refractivity contribution in [3.8, 4) is 17.1 Å². The zero-order valence-corrected chi connectivity index (χ0v) is 18.9. The van der Waals surface area contributed by atoms with Gasteiger partial charge < -0.3 is 5.32 Å². The third kappa shape index (κ3) is 4.41. The molecule has 1 aromatic heterocycles. The normalized spacial score (nSPS) is 10.9. The van der Waals surface area contributed by atoms with Crippen molar-refractivity contribution in [2.24, 2.45) is 0 Å². The number of carbonyl (C=O) groups excluding carboxylic acids is 1. The summed E-state index contributed by atoms with van der Waals surface area (Å²) < 4.78 is 16.0. The third-order valence-electron chi connectivity index (χ3n) is 4.94. The minimum absolute atomic E-state index is 0.0301. The number of nitrogens with one attached hydrogen (secondary N) is 1. The van der Waals surface area contributed by atoms with Crippen molar-refractivity contribution in [1.82, 2.24) is 14.8 Å². The average molecular weight is 479 g/mol. The van der Waals surface area contributed by atoms with E-state index in [2.05, 4.69) is 31.3 Å². The van der Waals surface area contributed by atoms with Gasteiger partial charge in [-0.25, -0.2) is 14.1 Å². The molecule has 3 aromatic carbocycles. The molecule has 7 heteroatoms. The van der Waals surface area contributed by atoms with E-state index in [1.165, 1.54) is 12.1 Å². The van der Waals surface area contributed by atoms with Crippen LogP contribution in [-0.4, -0.2) is 20.7 Å². The summed E-state index contributed by atoms with van der Waals surface area (Å²) in [5, 5.41) is 7.39. The molecule has 0 aliphatic heterocycles. The molecule has 1 heterocycles. The molecule has 0 radical (unpaired) electrons. The number of anilines is 1. The first-order valence-electron chi connectivity index (χ1n) is 9.70. The van der Waals surface area contributed by atoms with Gasteiger partial charge >= 0.3 is 0 Å². The summed E-state index contributed by atoms with van der Waals surface area (Å²) in [5.74, 6) is -0.267. The first-order valence-corrected chi connectivity index (χ1v) is 10.5. The molecule has 0 aliphatic carbocycles. The number of aromatic nitrogens is 3. The molecule has 0 unspecified atom stereocenters. The van der Waals surface area contributed by atoms with Gasteiger partial charge in [0.2, 0.25) is 5.82 Å². The predicted octanol–water partition coefficient (Wildman–Crippen LogP) is 6.01. The molecule has 0 spiro atoms. The minimum atomic E-state index is -0.419. The second kappa shape index (κ2) is 8.43. The van der Waals surface area contributed by atoms with Crippen molar-refractivity contribution in [1.29, 1.82) is 0 Å². The number of rotatable bonds is 4. The lowest BCUT2D eigenvalue weighted by atomic mass is 10.1. The van der Waals surface area contributed by atoms with Gasteiger partial charge in [0, 0.05) is 15.7 Å². The van der Waals surface area contributed by atoms with Crippen molar-refractivity contribution < 1.29 is 9.18 Å². The standard InChI is InChI=1S/C24H20BrFN4O/c1-14-4-5-15(2)21(12-14)30-23(17-6-9-19(26)10-7-17)28-22(29-30)24(31)27-20-11-8-18(25)13-16(20)3/h4-13H,1-3H3,(H,27,31). The van der Waals surface area contributed by atoms with Crippen LogP contribution in [0.5, 0.6) is 0 Å². The Bertz CT molecular complexity index is 1280. The Balaban J connectivity index is 1.80. The number of carbonyl (C=O) groups is 1. The summed E-state index contributed by atoms with van der Waals surface area (Å²) in [5.41, 5.74) is 5.10. The molecule has 4 rings (SSSR count). The fraction of sp³-hybridized carbons (Fsp3) is 0.125. The highest BCUT2D eigenvalue weighted by Crippen LogP contribution is 2.25. The molecule has 0 aliphatic rings. The van der Waals surface area contributed by atoms with Gasteiger partial charge in [-0.05, 0) is 86.0 Å². The van der Waals surface area contributed by atoms with Crippen LogP contribution in [0.1, 0.15) is 27.3 Å². The summed E-state index contributed by atoms with van der Waals surface area (Å²) in [6.45, 7) is 5.86. The van der Waals surface area contributed by atoms with Crippen molar-refractivity contribution in [2.75, 3.05) is 5.32 Å². The van der Waals surface area contributed by atoms with Gasteiger partial charge in [0.1, 0.15) is 5.82 Å². The van der Waals surface area contributed by atoms with Gasteiger partial charge in [0.25, 0.3) is 5.91 Å². The van der Waals surface area contributed by atoms with Crippen LogP contribution in [0.3, 0.4) is 0 Å². The van der Waals surface area contributed by atoms with Crippen LogP contribution in [0.2, 0.25) is 0 Å². The Hall–Kier alpha value is -3.32. The number of halogens is 2. The first kappa shape index (κ1) is 20.9. The van der Waals surface area contributed by atoms with E-state index in [4.69, 9.17) is 0 Å². The zero-order chi connectivity index (χ0) is 22.1. The van der Waals surface area contributed by atoms with Crippen LogP contribution >= 0.6 is 15.9 Å². The molecule has 4 aromatic rings. The number of hydrogen-bond acceptors (Lipinski definition) is 3. The molecule has 1 N–H and O–H groups in total. The van der Waals surface area contributed by atoms with Crippen LogP contribution in [0, 0.1) is 26.6 Å². The highest BCUT2D eigenvalue weighted by molar-refractivity contribution is 9.10. The maximum atomic E-state index is 13.5. The van der Waals surface area contributed by atoms with Crippen molar-refractivity contribution in [3.05, 3.63) is 93.5 Å². The highest BCUT2D eigenvalue weighted by atomic mass is 79.9. The van der Waals surface area contributed by atoms with Crippen LogP contribution in [0.4, 0.5) is 10.1 Å². The Kier molecular flexibility index (Phi) is 5.69. The topological polar surface area (TPSA) is 59.8 Å². The van der Waals surface area contributed by atoms with E-state index in [0.29, 0.717) is 17.1 Å². The molecule has 31 heavy (non-hydrogen) atoms. The SMILES string of the molecule is Cc1ccc(C)c(-n2nc(C(=O)Nc3ccc(Br)cc3C)nc2-c2ccc(F)cc2)c1. The van der Waals surface area contributed by atoms with Crippen molar-refractivity contribution in [3.63, 3.8) is 0 Å². The minimum Gasteiger partial charge on any atom is -0.319 e.